The summed E-state index contributed by atoms with van der Waals surface area (Å²) in [6.45, 7) is 0. The summed E-state index contributed by atoms with van der Waals surface area (Å²) in [6.07, 6.45) is -2.75. The minimum absolute atomic E-state index is 0.137. The fraction of sp³-hybridized carbons (Fsp3) is 0.167. The number of amides is 2. The zero-order valence-electron chi connectivity index (χ0n) is 10.7. The molecule has 0 spiro atoms. The number of benzene rings is 1. The number of carbonyl (C=O) groups is 1. The quantitative estimate of drug-likeness (QED) is 0.855. The third-order valence-corrected chi connectivity index (χ3v) is 2.56. The molecule has 2 N–H and O–H groups in total. The molecule has 1 heterocycles. The fourth-order valence-corrected chi connectivity index (χ4v) is 1.61. The number of urea groups is 1. The minimum Gasteiger partial charge on any atom is -0.305 e. The number of carbonyl (C=O) groups excluding carboxylic acids is 1. The number of nitrogens with one attached hydrogen (secondary N) is 2. The Morgan fingerprint density at radius 3 is 2.57 bits per heavy atom. The predicted molar refractivity (Wildman–Crippen MR) is 67.2 cm³/mol. The molecule has 0 fully saturated rings. The number of aromatic nitrogens is 2. The normalized spacial score (nSPS) is 10.8. The van der Waals surface area contributed by atoms with Crippen LogP contribution in [0.25, 0.3) is 0 Å². The van der Waals surface area contributed by atoms with Crippen LogP contribution in [0.3, 0.4) is 0 Å². The van der Waals surface area contributed by atoms with E-state index in [2.05, 4.69) is 15.7 Å². The summed E-state index contributed by atoms with van der Waals surface area (Å²) in [5, 5.41) is 7.85. The Labute approximate surface area is 116 Å². The molecule has 1 aromatic heterocycles. The first-order chi connectivity index (χ1) is 9.86. The average molecular weight is 302 g/mol. The van der Waals surface area contributed by atoms with Crippen LogP contribution in [0.2, 0.25) is 0 Å². The van der Waals surface area contributed by atoms with Crippen molar-refractivity contribution in [1.82, 2.24) is 9.78 Å². The zero-order valence-corrected chi connectivity index (χ0v) is 10.7. The summed E-state index contributed by atoms with van der Waals surface area (Å²) < 4.78 is 52.2. The van der Waals surface area contributed by atoms with E-state index in [1.54, 1.807) is 0 Å². The maximum absolute atomic E-state index is 13.3. The number of halogens is 4. The maximum Gasteiger partial charge on any atom is 0.324 e. The highest BCUT2D eigenvalue weighted by Crippen LogP contribution is 2.21. The van der Waals surface area contributed by atoms with Crippen LogP contribution in [-0.2, 0) is 7.05 Å². The van der Waals surface area contributed by atoms with Crippen LogP contribution in [0.1, 0.15) is 12.1 Å². The number of hydrogen-bond donors (Lipinski definition) is 2. The number of rotatable bonds is 3. The summed E-state index contributed by atoms with van der Waals surface area (Å²) in [5.74, 6) is -1.70. The van der Waals surface area contributed by atoms with Crippen molar-refractivity contribution in [2.24, 2.45) is 7.05 Å². The van der Waals surface area contributed by atoms with Crippen molar-refractivity contribution in [2.75, 3.05) is 10.6 Å². The van der Waals surface area contributed by atoms with Gasteiger partial charge in [-0.05, 0) is 12.1 Å². The SMILES string of the molecule is Cn1nc(NC(=O)Nc2cc(F)ccc2F)cc1C(F)F. The highest BCUT2D eigenvalue weighted by molar-refractivity contribution is 5.99. The molecule has 0 unspecified atom stereocenters. The summed E-state index contributed by atoms with van der Waals surface area (Å²) in [7, 11) is 1.29. The Morgan fingerprint density at radius 2 is 1.95 bits per heavy atom. The lowest BCUT2D eigenvalue weighted by atomic mass is 10.3. The molecule has 0 aliphatic heterocycles. The van der Waals surface area contributed by atoms with Crippen molar-refractivity contribution in [1.29, 1.82) is 0 Å². The van der Waals surface area contributed by atoms with Crippen molar-refractivity contribution in [3.8, 4) is 0 Å². The molecule has 112 valence electrons. The molecule has 5 nitrogen and oxygen atoms in total. The van der Waals surface area contributed by atoms with Crippen LogP contribution in [-0.4, -0.2) is 15.8 Å². The largest absolute Gasteiger partial charge is 0.324 e. The van der Waals surface area contributed by atoms with Crippen LogP contribution >= 0.6 is 0 Å². The molecule has 9 heteroatoms. The number of anilines is 2. The number of aryl methyl sites for hydroxylation is 1. The second kappa shape index (κ2) is 5.81. The Balaban J connectivity index is 2.08. The molecule has 0 saturated heterocycles. The van der Waals surface area contributed by atoms with E-state index in [0.29, 0.717) is 0 Å². The van der Waals surface area contributed by atoms with Crippen molar-refractivity contribution in [2.45, 2.75) is 6.43 Å². The number of nitrogens with zero attached hydrogens (tertiary/aromatic N) is 2. The molecule has 1 aromatic carbocycles. The molecule has 0 saturated carbocycles. The van der Waals surface area contributed by atoms with E-state index < -0.39 is 24.1 Å². The summed E-state index contributed by atoms with van der Waals surface area (Å²) in [5.41, 5.74) is -0.764. The number of hydrogen-bond acceptors (Lipinski definition) is 2. The molecule has 21 heavy (non-hydrogen) atoms. The van der Waals surface area contributed by atoms with E-state index in [1.165, 1.54) is 7.05 Å². The average Bonchev–Trinajstić information content (AvgIpc) is 2.74. The van der Waals surface area contributed by atoms with Crippen molar-refractivity contribution < 1.29 is 22.4 Å². The van der Waals surface area contributed by atoms with E-state index in [0.717, 1.165) is 28.9 Å². The van der Waals surface area contributed by atoms with Crippen LogP contribution in [0.15, 0.2) is 24.3 Å². The van der Waals surface area contributed by atoms with Gasteiger partial charge in [0, 0.05) is 19.2 Å². The van der Waals surface area contributed by atoms with Gasteiger partial charge in [0.2, 0.25) is 0 Å². The van der Waals surface area contributed by atoms with Gasteiger partial charge in [-0.2, -0.15) is 5.10 Å². The Kier molecular flexibility index (Phi) is 4.10. The van der Waals surface area contributed by atoms with Crippen LogP contribution < -0.4 is 10.6 Å². The first-order valence-electron chi connectivity index (χ1n) is 5.72. The molecule has 2 amide bonds. The minimum atomic E-state index is -2.75. The van der Waals surface area contributed by atoms with Gasteiger partial charge in [0.1, 0.15) is 17.3 Å². The second-order valence-electron chi connectivity index (χ2n) is 4.08. The van der Waals surface area contributed by atoms with E-state index in [1.807, 2.05) is 0 Å². The van der Waals surface area contributed by atoms with Gasteiger partial charge in [0.25, 0.3) is 6.43 Å². The van der Waals surface area contributed by atoms with Gasteiger partial charge in [-0.15, -0.1) is 0 Å². The molecule has 0 aliphatic carbocycles. The van der Waals surface area contributed by atoms with Gasteiger partial charge < -0.3 is 5.32 Å². The highest BCUT2D eigenvalue weighted by atomic mass is 19.3. The van der Waals surface area contributed by atoms with Gasteiger partial charge in [0.15, 0.2) is 5.82 Å². The van der Waals surface area contributed by atoms with Crippen molar-refractivity contribution >= 4 is 17.5 Å². The van der Waals surface area contributed by atoms with E-state index in [9.17, 15) is 22.4 Å². The van der Waals surface area contributed by atoms with E-state index in [4.69, 9.17) is 0 Å². The summed E-state index contributed by atoms with van der Waals surface area (Å²) in [4.78, 5) is 11.6. The Bertz CT molecular complexity index is 671. The fourth-order valence-electron chi connectivity index (χ4n) is 1.61. The van der Waals surface area contributed by atoms with E-state index in [-0.39, 0.29) is 17.2 Å². The third-order valence-electron chi connectivity index (χ3n) is 2.56. The molecular formula is C12H10F4N4O. The maximum atomic E-state index is 13.3. The molecule has 2 rings (SSSR count). The van der Waals surface area contributed by atoms with Gasteiger partial charge in [0.05, 0.1) is 5.69 Å². The van der Waals surface area contributed by atoms with Gasteiger partial charge in [-0.25, -0.2) is 22.4 Å². The third kappa shape index (κ3) is 3.50. The Morgan fingerprint density at radius 1 is 1.24 bits per heavy atom. The Hall–Kier alpha value is -2.58. The lowest BCUT2D eigenvalue weighted by Crippen LogP contribution is -2.20. The lowest BCUT2D eigenvalue weighted by molar-refractivity contribution is 0.141. The molecule has 0 radical (unpaired) electrons. The monoisotopic (exact) mass is 302 g/mol. The summed E-state index contributed by atoms with van der Waals surface area (Å²) in [6, 6.07) is 2.58. The molecule has 0 atom stereocenters. The van der Waals surface area contributed by atoms with Gasteiger partial charge >= 0.3 is 6.03 Å². The zero-order chi connectivity index (χ0) is 15.6. The second-order valence-corrected chi connectivity index (χ2v) is 4.08. The topological polar surface area (TPSA) is 59.0 Å². The number of alkyl halides is 2. The molecule has 0 aliphatic rings. The molecular weight excluding hydrogens is 292 g/mol. The molecule has 2 aromatic rings. The van der Waals surface area contributed by atoms with Crippen LogP contribution in [0.5, 0.6) is 0 Å². The lowest BCUT2D eigenvalue weighted by Gasteiger charge is -2.06. The highest BCUT2D eigenvalue weighted by Gasteiger charge is 2.16. The predicted octanol–water partition coefficient (Wildman–Crippen LogP) is 3.28. The van der Waals surface area contributed by atoms with Gasteiger partial charge in [-0.3, -0.25) is 10.00 Å². The standard InChI is InChI=1S/C12H10F4N4O/c1-20-9(11(15)16)5-10(19-20)18-12(21)17-8-4-6(13)2-3-7(8)14/h2-5,11H,1H3,(H2,17,18,19,21). The first kappa shape index (κ1) is 14.8. The summed E-state index contributed by atoms with van der Waals surface area (Å²) >= 11 is 0. The van der Waals surface area contributed by atoms with Crippen LogP contribution in [0, 0.1) is 11.6 Å². The van der Waals surface area contributed by atoms with E-state index >= 15 is 0 Å². The van der Waals surface area contributed by atoms with Crippen molar-refractivity contribution in [3.05, 3.63) is 41.6 Å². The smallest absolute Gasteiger partial charge is 0.305 e. The van der Waals surface area contributed by atoms with Gasteiger partial charge in [-0.1, -0.05) is 0 Å². The first-order valence-corrected chi connectivity index (χ1v) is 5.72. The van der Waals surface area contributed by atoms with Crippen LogP contribution in [0.4, 0.5) is 33.9 Å². The van der Waals surface area contributed by atoms with Crippen molar-refractivity contribution in [3.63, 3.8) is 0 Å². The molecule has 0 bridgehead atoms.